The van der Waals surface area contributed by atoms with Crippen LogP contribution in [0, 0.1) is 0 Å². The Hall–Kier alpha value is -3.09. The van der Waals surface area contributed by atoms with Gasteiger partial charge in [0.05, 0.1) is 19.1 Å². The molecule has 3 heterocycles. The van der Waals surface area contributed by atoms with Gasteiger partial charge in [-0.15, -0.1) is 0 Å². The number of hydrogen-bond donors (Lipinski definition) is 2. The number of carbonyl (C=O) groups is 1. The van der Waals surface area contributed by atoms with Crippen molar-refractivity contribution in [2.24, 2.45) is 4.99 Å². The van der Waals surface area contributed by atoms with Gasteiger partial charge >= 0.3 is 0 Å². The van der Waals surface area contributed by atoms with Crippen LogP contribution in [0.25, 0.3) is 0 Å². The minimum atomic E-state index is -0.200. The Morgan fingerprint density at radius 3 is 3.27 bits per heavy atom. The van der Waals surface area contributed by atoms with Gasteiger partial charge in [0.15, 0.2) is 0 Å². The molecule has 3 rings (SSSR count). The van der Waals surface area contributed by atoms with E-state index < -0.39 is 0 Å². The molecule has 0 spiro atoms. The van der Waals surface area contributed by atoms with Crippen molar-refractivity contribution >= 4 is 12.2 Å². The van der Waals surface area contributed by atoms with Gasteiger partial charge in [-0.25, -0.2) is 9.98 Å². The van der Waals surface area contributed by atoms with Crippen LogP contribution in [0.5, 0.6) is 5.88 Å². The summed E-state index contributed by atoms with van der Waals surface area (Å²) in [6.07, 6.45) is 10.3. The van der Waals surface area contributed by atoms with Gasteiger partial charge in [-0.05, 0) is 17.7 Å². The molecule has 0 saturated heterocycles. The first-order valence-electron chi connectivity index (χ1n) is 6.70. The van der Waals surface area contributed by atoms with Crippen molar-refractivity contribution in [3.8, 4) is 5.88 Å². The summed E-state index contributed by atoms with van der Waals surface area (Å²) in [5.41, 5.74) is 2.28. The van der Waals surface area contributed by atoms with Crippen LogP contribution in [0.1, 0.15) is 5.56 Å². The summed E-state index contributed by atoms with van der Waals surface area (Å²) in [4.78, 5) is 22.0. The molecule has 0 aliphatic carbocycles. The maximum atomic E-state index is 12.2. The van der Waals surface area contributed by atoms with E-state index in [1.165, 1.54) is 0 Å². The largest absolute Gasteiger partial charge is 0.481 e. The number of nitrogens with one attached hydrogen (secondary N) is 2. The molecular formula is C15H15N5O2. The zero-order valence-corrected chi connectivity index (χ0v) is 12.0. The Balaban J connectivity index is 1.62. The third-order valence-corrected chi connectivity index (χ3v) is 3.17. The molecule has 1 amide bonds. The molecule has 0 atom stereocenters. The van der Waals surface area contributed by atoms with E-state index in [4.69, 9.17) is 4.74 Å². The summed E-state index contributed by atoms with van der Waals surface area (Å²) in [5.74, 6) is 0.319. The molecule has 2 aliphatic heterocycles. The fourth-order valence-corrected chi connectivity index (χ4v) is 2.01. The lowest BCUT2D eigenvalue weighted by Crippen LogP contribution is -2.34. The average Bonchev–Trinajstić information content (AvgIpc) is 2.59. The van der Waals surface area contributed by atoms with Gasteiger partial charge in [0.25, 0.3) is 5.91 Å². The van der Waals surface area contributed by atoms with Gasteiger partial charge in [-0.2, -0.15) is 0 Å². The minimum absolute atomic E-state index is 0.200. The fourth-order valence-electron chi connectivity index (χ4n) is 2.01. The number of amides is 1. The lowest BCUT2D eigenvalue weighted by Gasteiger charge is -2.24. The molecule has 1 aromatic heterocycles. The number of aromatic nitrogens is 1. The second-order valence-corrected chi connectivity index (χ2v) is 4.63. The van der Waals surface area contributed by atoms with Crippen LogP contribution in [0.3, 0.4) is 0 Å². The lowest BCUT2D eigenvalue weighted by atomic mass is 10.2. The Kier molecular flexibility index (Phi) is 3.86. The number of pyridine rings is 1. The monoisotopic (exact) mass is 297 g/mol. The number of rotatable bonds is 4. The first-order valence-corrected chi connectivity index (χ1v) is 6.70. The average molecular weight is 297 g/mol. The van der Waals surface area contributed by atoms with Crippen LogP contribution in [0.15, 0.2) is 59.4 Å². The standard InChI is InChI=1S/C15H15N5O2/c1-22-14-6-11(2-5-17-14)7-19-15(21)13-9-20-10-16-4-3-12(20)8-18-13/h2-6,8-10,18H,7H2,1H3,(H,19,21). The quantitative estimate of drug-likeness (QED) is 0.861. The van der Waals surface area contributed by atoms with Crippen LogP contribution in [-0.2, 0) is 11.3 Å². The highest BCUT2D eigenvalue weighted by Crippen LogP contribution is 2.14. The lowest BCUT2D eigenvalue weighted by molar-refractivity contribution is -0.118. The van der Waals surface area contributed by atoms with E-state index in [9.17, 15) is 4.79 Å². The first-order chi connectivity index (χ1) is 10.8. The zero-order chi connectivity index (χ0) is 15.4. The molecule has 7 nitrogen and oxygen atoms in total. The van der Waals surface area contributed by atoms with E-state index in [0.717, 1.165) is 11.3 Å². The van der Waals surface area contributed by atoms with Crippen molar-refractivity contribution in [1.29, 1.82) is 0 Å². The SMILES string of the molecule is COc1cc(CNC(=O)C2=CN3C=NC=CC3=CN2)ccn1. The van der Waals surface area contributed by atoms with Crippen LogP contribution < -0.4 is 15.4 Å². The van der Waals surface area contributed by atoms with Gasteiger partial charge in [-0.3, -0.25) is 4.79 Å². The van der Waals surface area contributed by atoms with E-state index in [1.807, 2.05) is 12.1 Å². The van der Waals surface area contributed by atoms with Crippen LogP contribution >= 0.6 is 0 Å². The third kappa shape index (κ3) is 2.98. The number of hydrogen-bond acceptors (Lipinski definition) is 6. The molecule has 0 unspecified atom stereocenters. The van der Waals surface area contributed by atoms with Gasteiger partial charge in [0, 0.05) is 37.4 Å². The van der Waals surface area contributed by atoms with Crippen LogP contribution in [0.2, 0.25) is 0 Å². The number of methoxy groups -OCH3 is 1. The summed E-state index contributed by atoms with van der Waals surface area (Å²) in [6, 6.07) is 3.61. The molecular weight excluding hydrogens is 282 g/mol. The predicted molar refractivity (Wildman–Crippen MR) is 81.4 cm³/mol. The molecule has 0 fully saturated rings. The van der Waals surface area contributed by atoms with Crippen molar-refractivity contribution in [1.82, 2.24) is 20.5 Å². The highest BCUT2D eigenvalue weighted by molar-refractivity contribution is 5.93. The molecule has 7 heteroatoms. The second-order valence-electron chi connectivity index (χ2n) is 4.63. The number of fused-ring (bicyclic) bond motifs is 1. The van der Waals surface area contributed by atoms with E-state index in [1.54, 1.807) is 49.2 Å². The van der Waals surface area contributed by atoms with Crippen molar-refractivity contribution in [3.05, 3.63) is 60.0 Å². The highest BCUT2D eigenvalue weighted by Gasteiger charge is 2.16. The number of ether oxygens (including phenoxy) is 1. The van der Waals surface area contributed by atoms with Crippen molar-refractivity contribution < 1.29 is 9.53 Å². The van der Waals surface area contributed by atoms with E-state index in [-0.39, 0.29) is 5.91 Å². The number of carbonyl (C=O) groups excluding carboxylic acids is 1. The summed E-state index contributed by atoms with van der Waals surface area (Å²) in [5, 5.41) is 5.82. The molecule has 0 aromatic carbocycles. The zero-order valence-electron chi connectivity index (χ0n) is 12.0. The van der Waals surface area contributed by atoms with Gasteiger partial charge < -0.3 is 20.3 Å². The molecule has 2 aliphatic rings. The van der Waals surface area contributed by atoms with Crippen molar-refractivity contribution in [3.63, 3.8) is 0 Å². The summed E-state index contributed by atoms with van der Waals surface area (Å²) < 4.78 is 5.05. The fraction of sp³-hybridized carbons (Fsp3) is 0.133. The van der Waals surface area contributed by atoms with Crippen molar-refractivity contribution in [2.45, 2.75) is 6.54 Å². The number of aliphatic imine (C=N–C) groups is 1. The van der Waals surface area contributed by atoms with E-state index in [0.29, 0.717) is 18.1 Å². The molecule has 112 valence electrons. The van der Waals surface area contributed by atoms with Gasteiger partial charge in [-0.1, -0.05) is 0 Å². The van der Waals surface area contributed by atoms with E-state index >= 15 is 0 Å². The van der Waals surface area contributed by atoms with Crippen LogP contribution in [0.4, 0.5) is 0 Å². The highest BCUT2D eigenvalue weighted by atomic mass is 16.5. The van der Waals surface area contributed by atoms with Gasteiger partial charge in [0.2, 0.25) is 5.88 Å². The maximum Gasteiger partial charge on any atom is 0.269 e. The Labute approximate surface area is 127 Å². The normalized spacial score (nSPS) is 15.4. The third-order valence-electron chi connectivity index (χ3n) is 3.17. The maximum absolute atomic E-state index is 12.2. The minimum Gasteiger partial charge on any atom is -0.481 e. The van der Waals surface area contributed by atoms with Crippen molar-refractivity contribution in [2.75, 3.05) is 7.11 Å². The summed E-state index contributed by atoms with van der Waals surface area (Å²) in [6.45, 7) is 0.390. The van der Waals surface area contributed by atoms with Crippen LogP contribution in [-0.4, -0.2) is 29.2 Å². The first kappa shape index (κ1) is 13.9. The Morgan fingerprint density at radius 2 is 2.41 bits per heavy atom. The smallest absolute Gasteiger partial charge is 0.269 e. The molecule has 0 saturated carbocycles. The molecule has 0 bridgehead atoms. The second kappa shape index (κ2) is 6.13. The predicted octanol–water partition coefficient (Wildman–Crippen LogP) is 0.850. The topological polar surface area (TPSA) is 78.8 Å². The molecule has 1 aromatic rings. The number of nitrogens with zero attached hydrogens (tertiary/aromatic N) is 3. The Morgan fingerprint density at radius 1 is 1.50 bits per heavy atom. The molecule has 0 radical (unpaired) electrons. The summed E-state index contributed by atoms with van der Waals surface area (Å²) in [7, 11) is 1.56. The summed E-state index contributed by atoms with van der Waals surface area (Å²) >= 11 is 0. The van der Waals surface area contributed by atoms with E-state index in [2.05, 4.69) is 20.6 Å². The van der Waals surface area contributed by atoms with Gasteiger partial charge in [0.1, 0.15) is 5.70 Å². The number of allylic oxidation sites excluding steroid dienone is 1. The molecule has 22 heavy (non-hydrogen) atoms. The Bertz CT molecular complexity index is 706. The molecule has 2 N–H and O–H groups in total.